The van der Waals surface area contributed by atoms with Gasteiger partial charge in [-0.2, -0.15) is 0 Å². The van der Waals surface area contributed by atoms with E-state index in [1.165, 1.54) is 83.5 Å². The average Bonchev–Trinajstić information content (AvgIpc) is 3.08. The summed E-state index contributed by atoms with van der Waals surface area (Å²) in [7, 11) is -4.82. The third-order valence-electron chi connectivity index (χ3n) is 8.29. The SMILES string of the molecule is CCCCC/C=C\C[C@H](O)/C=C/C=C/C=C\[C@H](O)CCCC(=O)O[C@H](COC(=O)CCCCCCCCCCCCCCCC)COP(=O)(O)O. The molecule has 0 saturated carbocycles. The highest BCUT2D eigenvalue weighted by Gasteiger charge is 2.23. The van der Waals surface area contributed by atoms with Gasteiger partial charge in [-0.1, -0.05) is 159 Å². The van der Waals surface area contributed by atoms with Gasteiger partial charge >= 0.3 is 19.8 Å². The Balaban J connectivity index is 4.24. The van der Waals surface area contributed by atoms with Crippen LogP contribution in [0.3, 0.4) is 0 Å². The number of hydrogen-bond acceptors (Lipinski definition) is 8. The van der Waals surface area contributed by atoms with E-state index in [0.717, 1.165) is 25.7 Å². The minimum absolute atomic E-state index is 0.0478. The number of hydrogen-bond donors (Lipinski definition) is 4. The number of allylic oxidation sites excluding steroid dienone is 5. The molecule has 0 aromatic heterocycles. The van der Waals surface area contributed by atoms with E-state index in [1.807, 2.05) is 6.08 Å². The molecule has 4 N–H and O–H groups in total. The molecule has 0 aromatic carbocycles. The van der Waals surface area contributed by atoms with E-state index in [1.54, 1.807) is 36.5 Å². The maximum atomic E-state index is 12.4. The highest BCUT2D eigenvalue weighted by Crippen LogP contribution is 2.36. The second kappa shape index (κ2) is 35.0. The molecule has 0 radical (unpaired) electrons. The van der Waals surface area contributed by atoms with Crippen LogP contribution in [0.1, 0.15) is 162 Å². The van der Waals surface area contributed by atoms with Gasteiger partial charge in [0.05, 0.1) is 18.8 Å². The summed E-state index contributed by atoms with van der Waals surface area (Å²) in [5.74, 6) is -1.12. The minimum atomic E-state index is -4.82. The Morgan fingerprint density at radius 1 is 0.608 bits per heavy atom. The van der Waals surface area contributed by atoms with Gasteiger partial charge in [-0.05, 0) is 38.5 Å². The average molecular weight is 743 g/mol. The second-order valence-corrected chi connectivity index (χ2v) is 14.6. The summed E-state index contributed by atoms with van der Waals surface area (Å²) < 4.78 is 26.2. The Kier molecular flexibility index (Phi) is 33.6. The van der Waals surface area contributed by atoms with Crippen molar-refractivity contribution >= 4 is 19.8 Å². The van der Waals surface area contributed by atoms with E-state index in [-0.39, 0.29) is 25.9 Å². The minimum Gasteiger partial charge on any atom is -0.462 e. The number of carbonyl (C=O) groups is 2. The van der Waals surface area contributed by atoms with Crippen LogP contribution < -0.4 is 0 Å². The largest absolute Gasteiger partial charge is 0.469 e. The zero-order chi connectivity index (χ0) is 37.8. The van der Waals surface area contributed by atoms with Crippen LogP contribution >= 0.6 is 7.82 Å². The van der Waals surface area contributed by atoms with Gasteiger partial charge in [-0.3, -0.25) is 14.1 Å². The summed E-state index contributed by atoms with van der Waals surface area (Å²) in [6, 6.07) is 0. The first-order valence-electron chi connectivity index (χ1n) is 19.6. The van der Waals surface area contributed by atoms with Crippen molar-refractivity contribution in [2.45, 2.75) is 180 Å². The Bertz CT molecular complexity index is 1000. The number of phosphoric acid groups is 1. The predicted octanol–water partition coefficient (Wildman–Crippen LogP) is 9.51. The number of rotatable bonds is 35. The van der Waals surface area contributed by atoms with E-state index in [0.29, 0.717) is 19.3 Å². The highest BCUT2D eigenvalue weighted by molar-refractivity contribution is 7.46. The molecule has 0 fully saturated rings. The number of aliphatic hydroxyl groups excluding tert-OH is 2. The number of carbonyl (C=O) groups excluding carboxylic acids is 2. The van der Waals surface area contributed by atoms with Crippen molar-refractivity contribution in [3.05, 3.63) is 48.6 Å². The smallest absolute Gasteiger partial charge is 0.462 e. The second-order valence-electron chi connectivity index (χ2n) is 13.3. The maximum Gasteiger partial charge on any atom is 0.469 e. The molecule has 296 valence electrons. The molecule has 0 heterocycles. The van der Waals surface area contributed by atoms with Crippen LogP contribution in [-0.4, -0.2) is 63.5 Å². The van der Waals surface area contributed by atoms with Gasteiger partial charge in [0, 0.05) is 12.8 Å². The molecule has 10 nitrogen and oxygen atoms in total. The molecule has 0 amide bonds. The first-order valence-corrected chi connectivity index (χ1v) is 21.2. The quantitative estimate of drug-likeness (QED) is 0.0162. The van der Waals surface area contributed by atoms with Crippen molar-refractivity contribution in [2.75, 3.05) is 13.2 Å². The lowest BCUT2D eigenvalue weighted by molar-refractivity contribution is -0.161. The van der Waals surface area contributed by atoms with E-state index in [4.69, 9.17) is 19.3 Å². The Labute approximate surface area is 309 Å². The number of unbranched alkanes of at least 4 members (excludes halogenated alkanes) is 16. The van der Waals surface area contributed by atoms with E-state index >= 15 is 0 Å². The topological polar surface area (TPSA) is 160 Å². The molecule has 0 rings (SSSR count). The normalized spacial score (nSPS) is 14.2. The summed E-state index contributed by atoms with van der Waals surface area (Å²) >= 11 is 0. The van der Waals surface area contributed by atoms with Crippen molar-refractivity contribution in [2.24, 2.45) is 0 Å². The summed E-state index contributed by atoms with van der Waals surface area (Å²) in [6.07, 6.45) is 34.6. The maximum absolute atomic E-state index is 12.4. The zero-order valence-electron chi connectivity index (χ0n) is 31.7. The number of ether oxygens (including phenoxy) is 2. The molecule has 0 aliphatic heterocycles. The molecule has 0 aromatic rings. The third-order valence-corrected chi connectivity index (χ3v) is 8.78. The summed E-state index contributed by atoms with van der Waals surface area (Å²) in [5.41, 5.74) is 0. The van der Waals surface area contributed by atoms with Crippen molar-refractivity contribution in [1.29, 1.82) is 0 Å². The van der Waals surface area contributed by atoms with Crippen LogP contribution in [0.25, 0.3) is 0 Å². The summed E-state index contributed by atoms with van der Waals surface area (Å²) in [4.78, 5) is 42.7. The van der Waals surface area contributed by atoms with Gasteiger partial charge in [0.15, 0.2) is 6.10 Å². The zero-order valence-corrected chi connectivity index (χ0v) is 32.6. The number of esters is 2. The lowest BCUT2D eigenvalue weighted by Gasteiger charge is -2.18. The van der Waals surface area contributed by atoms with Crippen LogP contribution in [0, 0.1) is 0 Å². The van der Waals surface area contributed by atoms with Crippen LogP contribution in [0.5, 0.6) is 0 Å². The first-order chi connectivity index (χ1) is 24.6. The Morgan fingerprint density at radius 2 is 1.12 bits per heavy atom. The van der Waals surface area contributed by atoms with Gasteiger partial charge < -0.3 is 29.5 Å². The molecule has 0 spiro atoms. The highest BCUT2D eigenvalue weighted by atomic mass is 31.2. The number of phosphoric ester groups is 1. The summed E-state index contributed by atoms with van der Waals surface area (Å²) in [5, 5.41) is 20.2. The standard InChI is InChI=1S/C40H71O10P/c1-3-5-7-9-11-12-13-14-15-16-17-18-20-26-32-39(43)48-34-38(35-49-51(45,46)47)50-40(44)33-27-31-37(42)30-25-22-21-24-29-36(41)28-23-19-10-8-6-4-2/h19,21-25,29-30,36-38,41-42H,3-18,20,26-28,31-35H2,1-2H3,(H2,45,46,47)/b22-21+,23-19-,29-24+,30-25-/t36-,37-,38+/m0/s1. The fourth-order valence-corrected chi connectivity index (χ4v) is 5.63. The van der Waals surface area contributed by atoms with E-state index in [9.17, 15) is 24.4 Å². The lowest BCUT2D eigenvalue weighted by atomic mass is 10.0. The Morgan fingerprint density at radius 3 is 1.69 bits per heavy atom. The molecule has 51 heavy (non-hydrogen) atoms. The third kappa shape index (κ3) is 37.5. The van der Waals surface area contributed by atoms with Gasteiger partial charge in [-0.25, -0.2) is 4.57 Å². The van der Waals surface area contributed by atoms with E-state index in [2.05, 4.69) is 24.4 Å². The van der Waals surface area contributed by atoms with E-state index < -0.39 is 44.7 Å². The van der Waals surface area contributed by atoms with Crippen molar-refractivity contribution in [3.8, 4) is 0 Å². The van der Waals surface area contributed by atoms with Crippen LogP contribution in [0.2, 0.25) is 0 Å². The van der Waals surface area contributed by atoms with Crippen LogP contribution in [0.15, 0.2) is 48.6 Å². The van der Waals surface area contributed by atoms with Crippen LogP contribution in [0.4, 0.5) is 0 Å². The molecule has 0 bridgehead atoms. The van der Waals surface area contributed by atoms with Crippen molar-refractivity contribution in [1.82, 2.24) is 0 Å². The molecule has 0 aliphatic rings. The molecule has 3 atom stereocenters. The Hall–Kier alpha value is -2.07. The molecule has 0 unspecified atom stereocenters. The first kappa shape index (κ1) is 48.9. The fourth-order valence-electron chi connectivity index (χ4n) is 5.27. The molecule has 11 heteroatoms. The molecule has 0 aliphatic carbocycles. The fraction of sp³-hybridized carbons (Fsp3) is 0.750. The lowest BCUT2D eigenvalue weighted by Crippen LogP contribution is -2.29. The van der Waals surface area contributed by atoms with Gasteiger partial charge in [0.1, 0.15) is 6.61 Å². The van der Waals surface area contributed by atoms with Gasteiger partial charge in [-0.15, -0.1) is 0 Å². The molecular formula is C40H71O10P. The van der Waals surface area contributed by atoms with Gasteiger partial charge in [0.2, 0.25) is 0 Å². The van der Waals surface area contributed by atoms with Crippen LogP contribution in [-0.2, 0) is 28.2 Å². The summed E-state index contributed by atoms with van der Waals surface area (Å²) in [6.45, 7) is 3.41. The van der Waals surface area contributed by atoms with Crippen molar-refractivity contribution < 1.29 is 48.2 Å². The molecular weight excluding hydrogens is 671 g/mol. The number of aliphatic hydroxyl groups is 2. The van der Waals surface area contributed by atoms with Gasteiger partial charge in [0.25, 0.3) is 0 Å². The molecule has 0 saturated heterocycles. The van der Waals surface area contributed by atoms with Crippen molar-refractivity contribution in [3.63, 3.8) is 0 Å². The predicted molar refractivity (Wildman–Crippen MR) is 205 cm³/mol. The monoisotopic (exact) mass is 742 g/mol.